The molecule has 0 aliphatic heterocycles. The Morgan fingerprint density at radius 1 is 0.931 bits per heavy atom. The van der Waals surface area contributed by atoms with Crippen LogP contribution >= 0.6 is 0 Å². The maximum atomic E-state index is 12.2. The second-order valence-electron chi connectivity index (χ2n) is 5.63. The molecular formula is C20H23N3O6. The fraction of sp³-hybridized carbons (Fsp3) is 0.250. The molecule has 0 aromatic heterocycles. The first-order chi connectivity index (χ1) is 14.0. The molecule has 0 unspecified atom stereocenters. The van der Waals surface area contributed by atoms with E-state index in [0.717, 1.165) is 0 Å². The van der Waals surface area contributed by atoms with Crippen LogP contribution in [0, 0.1) is 0 Å². The van der Waals surface area contributed by atoms with Crippen molar-refractivity contribution in [1.82, 2.24) is 10.7 Å². The minimum Gasteiger partial charge on any atom is -0.493 e. The molecule has 0 aliphatic rings. The summed E-state index contributed by atoms with van der Waals surface area (Å²) in [4.78, 5) is 24.1. The minimum atomic E-state index is -0.489. The quantitative estimate of drug-likeness (QED) is 0.488. The monoisotopic (exact) mass is 401 g/mol. The van der Waals surface area contributed by atoms with Crippen LogP contribution in [0.15, 0.2) is 41.5 Å². The molecule has 2 rings (SSSR count). The van der Waals surface area contributed by atoms with E-state index >= 15 is 0 Å². The summed E-state index contributed by atoms with van der Waals surface area (Å²) in [5, 5.41) is 6.39. The van der Waals surface area contributed by atoms with Crippen LogP contribution in [0.2, 0.25) is 0 Å². The van der Waals surface area contributed by atoms with Gasteiger partial charge in [0.1, 0.15) is 0 Å². The fourth-order valence-electron chi connectivity index (χ4n) is 2.47. The van der Waals surface area contributed by atoms with Gasteiger partial charge in [0.2, 0.25) is 0 Å². The van der Waals surface area contributed by atoms with Gasteiger partial charge in [0.15, 0.2) is 23.0 Å². The van der Waals surface area contributed by atoms with Gasteiger partial charge in [-0.2, -0.15) is 5.10 Å². The number of methoxy groups -OCH3 is 4. The van der Waals surface area contributed by atoms with Crippen molar-refractivity contribution < 1.29 is 28.5 Å². The summed E-state index contributed by atoms with van der Waals surface area (Å²) in [6.07, 6.45) is 1.43. The van der Waals surface area contributed by atoms with E-state index in [-0.39, 0.29) is 6.54 Å². The van der Waals surface area contributed by atoms with Crippen LogP contribution in [0.1, 0.15) is 15.9 Å². The number of hydrazone groups is 1. The molecule has 0 spiro atoms. The molecule has 29 heavy (non-hydrogen) atoms. The van der Waals surface area contributed by atoms with Gasteiger partial charge in [0, 0.05) is 11.1 Å². The Hall–Kier alpha value is -3.75. The Morgan fingerprint density at radius 3 is 2.31 bits per heavy atom. The SMILES string of the molecule is COc1ccc(C(=O)NCC(=O)N/N=C/c2cccc(OC)c2OC)cc1OC. The lowest BCUT2D eigenvalue weighted by molar-refractivity contribution is -0.120. The number of nitrogens with one attached hydrogen (secondary N) is 2. The molecule has 0 saturated heterocycles. The van der Waals surface area contributed by atoms with Crippen LogP contribution in [0.3, 0.4) is 0 Å². The first-order valence-electron chi connectivity index (χ1n) is 8.57. The normalized spacial score (nSPS) is 10.3. The van der Waals surface area contributed by atoms with Crippen LogP contribution in [-0.4, -0.2) is 53.0 Å². The summed E-state index contributed by atoms with van der Waals surface area (Å²) < 4.78 is 20.8. The number of hydrogen-bond acceptors (Lipinski definition) is 7. The summed E-state index contributed by atoms with van der Waals surface area (Å²) in [5.74, 6) is 1.04. The van der Waals surface area contributed by atoms with E-state index in [1.165, 1.54) is 40.7 Å². The van der Waals surface area contributed by atoms with Crippen LogP contribution in [0.25, 0.3) is 0 Å². The largest absolute Gasteiger partial charge is 0.493 e. The molecule has 0 aliphatic carbocycles. The maximum absolute atomic E-state index is 12.2. The van der Waals surface area contributed by atoms with Gasteiger partial charge >= 0.3 is 0 Å². The number of ether oxygens (including phenoxy) is 4. The van der Waals surface area contributed by atoms with Gasteiger partial charge in [0.25, 0.3) is 11.8 Å². The summed E-state index contributed by atoms with van der Waals surface area (Å²) in [5.41, 5.74) is 3.30. The van der Waals surface area contributed by atoms with Crippen LogP contribution < -0.4 is 29.7 Å². The molecule has 0 fully saturated rings. The predicted molar refractivity (Wildman–Crippen MR) is 107 cm³/mol. The lowest BCUT2D eigenvalue weighted by Crippen LogP contribution is -2.34. The Kier molecular flexibility index (Phi) is 7.84. The third-order valence-corrected chi connectivity index (χ3v) is 3.88. The molecular weight excluding hydrogens is 378 g/mol. The zero-order valence-electron chi connectivity index (χ0n) is 16.6. The third-order valence-electron chi connectivity index (χ3n) is 3.88. The Bertz CT molecular complexity index is 898. The Labute approximate surface area is 168 Å². The van der Waals surface area contributed by atoms with Crippen LogP contribution in [-0.2, 0) is 4.79 Å². The van der Waals surface area contributed by atoms with Crippen molar-refractivity contribution in [1.29, 1.82) is 0 Å². The Morgan fingerprint density at radius 2 is 1.66 bits per heavy atom. The van der Waals surface area contributed by atoms with E-state index in [1.807, 2.05) is 0 Å². The lowest BCUT2D eigenvalue weighted by Gasteiger charge is -2.10. The van der Waals surface area contributed by atoms with Crippen molar-refractivity contribution in [2.45, 2.75) is 0 Å². The average Bonchev–Trinajstić information content (AvgIpc) is 2.76. The van der Waals surface area contributed by atoms with Gasteiger partial charge in [-0.05, 0) is 30.3 Å². The zero-order chi connectivity index (χ0) is 21.2. The second-order valence-corrected chi connectivity index (χ2v) is 5.63. The van der Waals surface area contributed by atoms with Crippen molar-refractivity contribution in [3.8, 4) is 23.0 Å². The number of carbonyl (C=O) groups excluding carboxylic acids is 2. The van der Waals surface area contributed by atoms with E-state index in [4.69, 9.17) is 18.9 Å². The first kappa shape index (κ1) is 21.5. The highest BCUT2D eigenvalue weighted by atomic mass is 16.5. The summed E-state index contributed by atoms with van der Waals surface area (Å²) in [6, 6.07) is 9.99. The molecule has 0 radical (unpaired) electrons. The van der Waals surface area contributed by atoms with Crippen molar-refractivity contribution in [2.75, 3.05) is 35.0 Å². The fourth-order valence-corrected chi connectivity index (χ4v) is 2.47. The molecule has 0 atom stereocenters. The molecule has 0 saturated carbocycles. The topological polar surface area (TPSA) is 107 Å². The number of nitrogens with zero attached hydrogens (tertiary/aromatic N) is 1. The summed E-state index contributed by atoms with van der Waals surface area (Å²) in [7, 11) is 6.02. The zero-order valence-corrected chi connectivity index (χ0v) is 16.6. The van der Waals surface area contributed by atoms with Gasteiger partial charge < -0.3 is 24.3 Å². The van der Waals surface area contributed by atoms with Gasteiger partial charge in [-0.25, -0.2) is 5.43 Å². The van der Waals surface area contributed by atoms with Crippen molar-refractivity contribution in [3.05, 3.63) is 47.5 Å². The number of para-hydroxylation sites is 1. The minimum absolute atomic E-state index is 0.250. The first-order valence-corrected chi connectivity index (χ1v) is 8.57. The van der Waals surface area contributed by atoms with E-state index in [1.54, 1.807) is 30.3 Å². The summed E-state index contributed by atoms with van der Waals surface area (Å²) >= 11 is 0. The molecule has 154 valence electrons. The lowest BCUT2D eigenvalue weighted by atomic mass is 10.2. The number of amides is 2. The number of carbonyl (C=O) groups is 2. The number of rotatable bonds is 9. The molecule has 2 N–H and O–H groups in total. The van der Waals surface area contributed by atoms with Gasteiger partial charge in [-0.15, -0.1) is 0 Å². The van der Waals surface area contributed by atoms with Crippen LogP contribution in [0.5, 0.6) is 23.0 Å². The average molecular weight is 401 g/mol. The highest BCUT2D eigenvalue weighted by Crippen LogP contribution is 2.29. The molecule has 9 nitrogen and oxygen atoms in total. The van der Waals surface area contributed by atoms with Gasteiger partial charge in [-0.3, -0.25) is 9.59 Å². The van der Waals surface area contributed by atoms with Crippen molar-refractivity contribution >= 4 is 18.0 Å². The van der Waals surface area contributed by atoms with Crippen molar-refractivity contribution in [3.63, 3.8) is 0 Å². The van der Waals surface area contributed by atoms with Gasteiger partial charge in [0.05, 0.1) is 41.2 Å². The van der Waals surface area contributed by atoms with E-state index in [9.17, 15) is 9.59 Å². The number of hydrogen-bond donors (Lipinski definition) is 2. The van der Waals surface area contributed by atoms with Crippen LogP contribution in [0.4, 0.5) is 0 Å². The molecule has 2 aromatic rings. The molecule has 2 aromatic carbocycles. The van der Waals surface area contributed by atoms with Crippen molar-refractivity contribution in [2.24, 2.45) is 5.10 Å². The third kappa shape index (κ3) is 5.61. The van der Waals surface area contributed by atoms with Gasteiger partial charge in [-0.1, -0.05) is 6.07 Å². The molecule has 0 bridgehead atoms. The smallest absolute Gasteiger partial charge is 0.259 e. The second kappa shape index (κ2) is 10.5. The van der Waals surface area contributed by atoms with E-state index in [0.29, 0.717) is 34.1 Å². The number of benzene rings is 2. The Balaban J connectivity index is 1.92. The molecule has 2 amide bonds. The molecule has 9 heteroatoms. The molecule has 0 heterocycles. The van der Waals surface area contributed by atoms with E-state index in [2.05, 4.69) is 15.8 Å². The highest BCUT2D eigenvalue weighted by molar-refractivity contribution is 5.97. The highest BCUT2D eigenvalue weighted by Gasteiger charge is 2.12. The standard InChI is InChI=1S/C20H23N3O6/c1-26-15-9-8-13(10-17(15)28-3)20(25)21-12-18(24)23-22-11-14-6-5-7-16(27-2)19(14)29-4/h5-11H,12H2,1-4H3,(H,21,25)(H,23,24)/b22-11+. The predicted octanol–water partition coefficient (Wildman–Crippen LogP) is 1.60. The van der Waals surface area contributed by atoms with E-state index < -0.39 is 11.8 Å². The maximum Gasteiger partial charge on any atom is 0.259 e. The summed E-state index contributed by atoms with van der Waals surface area (Å²) in [6.45, 7) is -0.250.